The molecular formula is C31H36F3N7O. The summed E-state index contributed by atoms with van der Waals surface area (Å²) in [6, 6.07) is 10.5. The number of carbonyl (C=O) groups is 1. The first-order valence-corrected chi connectivity index (χ1v) is 14.4. The number of benzene rings is 2. The van der Waals surface area contributed by atoms with E-state index in [9.17, 15) is 18.0 Å². The lowest BCUT2D eigenvalue weighted by Gasteiger charge is -2.42. The van der Waals surface area contributed by atoms with Crippen LogP contribution in [0, 0.1) is 11.3 Å². The zero-order valence-corrected chi connectivity index (χ0v) is 24.4. The second-order valence-electron chi connectivity index (χ2n) is 12.5. The van der Waals surface area contributed by atoms with Crippen LogP contribution < -0.4 is 4.90 Å². The minimum absolute atomic E-state index is 0.0221. The second-order valence-corrected chi connectivity index (χ2v) is 12.5. The third kappa shape index (κ3) is 4.82. The molecule has 0 bridgehead atoms. The Kier molecular flexibility index (Phi) is 7.00. The topological polar surface area (TPSA) is 81.3 Å². The summed E-state index contributed by atoms with van der Waals surface area (Å²) < 4.78 is 45.1. The van der Waals surface area contributed by atoms with Crippen molar-refractivity contribution in [3.63, 3.8) is 0 Å². The highest BCUT2D eigenvalue weighted by Crippen LogP contribution is 2.47. The Morgan fingerprint density at radius 1 is 1.12 bits per heavy atom. The molecule has 6 rings (SSSR count). The fourth-order valence-electron chi connectivity index (χ4n) is 6.93. The van der Waals surface area contributed by atoms with Crippen molar-refractivity contribution < 1.29 is 18.0 Å². The van der Waals surface area contributed by atoms with Crippen molar-refractivity contribution in [1.29, 1.82) is 5.41 Å². The van der Waals surface area contributed by atoms with Crippen LogP contribution in [0.1, 0.15) is 65.1 Å². The van der Waals surface area contributed by atoms with Gasteiger partial charge in [0.1, 0.15) is 12.2 Å². The predicted molar refractivity (Wildman–Crippen MR) is 154 cm³/mol. The van der Waals surface area contributed by atoms with Gasteiger partial charge in [0.25, 0.3) is 5.91 Å². The van der Waals surface area contributed by atoms with E-state index >= 15 is 0 Å². The first kappa shape index (κ1) is 28.5. The van der Waals surface area contributed by atoms with Gasteiger partial charge < -0.3 is 19.8 Å². The lowest BCUT2D eigenvalue weighted by Crippen LogP contribution is -2.53. The third-order valence-corrected chi connectivity index (χ3v) is 9.18. The van der Waals surface area contributed by atoms with Crippen LogP contribution >= 0.6 is 0 Å². The van der Waals surface area contributed by atoms with E-state index in [2.05, 4.69) is 40.9 Å². The normalized spacial score (nSPS) is 23.5. The molecule has 3 aromatic rings. The van der Waals surface area contributed by atoms with Gasteiger partial charge in [0.05, 0.1) is 17.5 Å². The summed E-state index contributed by atoms with van der Waals surface area (Å²) in [5, 5.41) is 16.5. The number of fused-ring (bicyclic) bond motifs is 1. The van der Waals surface area contributed by atoms with Gasteiger partial charge in [-0.15, -0.1) is 10.2 Å². The van der Waals surface area contributed by atoms with Gasteiger partial charge in [-0.2, -0.15) is 13.2 Å². The number of amides is 1. The fraction of sp³-hybridized carbons (Fsp3) is 0.484. The Morgan fingerprint density at radius 2 is 1.88 bits per heavy atom. The Balaban J connectivity index is 1.34. The predicted octanol–water partition coefficient (Wildman–Crippen LogP) is 4.87. The summed E-state index contributed by atoms with van der Waals surface area (Å²) in [5.74, 6) is 0.638. The van der Waals surface area contributed by atoms with Crippen molar-refractivity contribution in [2.45, 2.75) is 57.4 Å². The number of nitrogens with one attached hydrogen (secondary N) is 1. The van der Waals surface area contributed by atoms with E-state index in [4.69, 9.17) is 5.41 Å². The number of halogens is 3. The molecule has 222 valence electrons. The van der Waals surface area contributed by atoms with Crippen molar-refractivity contribution in [3.05, 3.63) is 76.4 Å². The number of anilines is 1. The maximum Gasteiger partial charge on any atom is 0.416 e. The maximum absolute atomic E-state index is 14.4. The van der Waals surface area contributed by atoms with Crippen molar-refractivity contribution in [2.24, 2.45) is 13.0 Å². The van der Waals surface area contributed by atoms with Gasteiger partial charge in [-0.1, -0.05) is 26.0 Å². The van der Waals surface area contributed by atoms with Gasteiger partial charge in [0, 0.05) is 69.1 Å². The Morgan fingerprint density at radius 3 is 2.52 bits per heavy atom. The highest BCUT2D eigenvalue weighted by molar-refractivity contribution is 6.10. The maximum atomic E-state index is 14.4. The van der Waals surface area contributed by atoms with E-state index in [0.29, 0.717) is 42.3 Å². The van der Waals surface area contributed by atoms with Gasteiger partial charge in [-0.3, -0.25) is 9.69 Å². The molecule has 2 fully saturated rings. The average molecular weight is 580 g/mol. The van der Waals surface area contributed by atoms with Crippen LogP contribution in [0.2, 0.25) is 0 Å². The number of carbonyl (C=O) groups excluding carboxylic acids is 1. The molecule has 1 aliphatic carbocycles. The molecule has 1 saturated carbocycles. The number of likely N-dealkylation sites (N-methyl/N-ethyl adjacent to an activating group) is 1. The Bertz CT molecular complexity index is 1540. The van der Waals surface area contributed by atoms with Crippen molar-refractivity contribution in [3.8, 4) is 0 Å². The molecule has 2 aromatic carbocycles. The number of aromatic nitrogens is 3. The Labute approximate surface area is 243 Å². The monoisotopic (exact) mass is 579 g/mol. The Hall–Kier alpha value is -3.57. The van der Waals surface area contributed by atoms with Gasteiger partial charge in [-0.05, 0) is 53.9 Å². The fourth-order valence-corrected chi connectivity index (χ4v) is 6.93. The van der Waals surface area contributed by atoms with Gasteiger partial charge in [0.2, 0.25) is 0 Å². The number of rotatable bonds is 6. The highest BCUT2D eigenvalue weighted by Gasteiger charge is 2.48. The van der Waals surface area contributed by atoms with Crippen molar-refractivity contribution >= 4 is 17.3 Å². The molecule has 2 aliphatic heterocycles. The SMILES string of the molecule is CC(C)[C@H]1CN(C)CCN1Cc1cc2c(c(C(F)(F)F)c1)CN(c1cccc(C3(c4nncn4C)CC(=N)C3)c1)C2=O. The zero-order valence-electron chi connectivity index (χ0n) is 24.4. The molecule has 3 heterocycles. The molecule has 3 aliphatic rings. The number of nitrogens with zero attached hydrogens (tertiary/aromatic N) is 6. The summed E-state index contributed by atoms with van der Waals surface area (Å²) in [7, 11) is 3.92. The van der Waals surface area contributed by atoms with E-state index in [0.717, 1.165) is 31.0 Å². The van der Waals surface area contributed by atoms with Gasteiger partial charge >= 0.3 is 6.18 Å². The smallest absolute Gasteiger partial charge is 0.320 e. The van der Waals surface area contributed by atoms with E-state index in [-0.39, 0.29) is 23.7 Å². The van der Waals surface area contributed by atoms with E-state index < -0.39 is 23.1 Å². The van der Waals surface area contributed by atoms with Crippen LogP contribution in [0.4, 0.5) is 18.9 Å². The molecule has 0 radical (unpaired) electrons. The summed E-state index contributed by atoms with van der Waals surface area (Å²) in [5.41, 5.74) is 1.34. The van der Waals surface area contributed by atoms with Gasteiger partial charge in [-0.25, -0.2) is 0 Å². The standard InChI is InChI=1S/C31H36F3N7O/c1-19(2)27-17-38(3)8-9-40(27)15-20-10-24-25(26(11-20)31(32,33)34)16-41(28(24)42)23-7-5-6-21(12-23)30(13-22(35)14-30)29-37-36-18-39(29)4/h5-7,10-12,18-19,27,35H,8-9,13-17H2,1-4H3/t27-,30?/m1/s1. The minimum atomic E-state index is -4.58. The largest absolute Gasteiger partial charge is 0.416 e. The van der Waals surface area contributed by atoms with Crippen LogP contribution in [0.5, 0.6) is 0 Å². The molecule has 1 atom stereocenters. The van der Waals surface area contributed by atoms with E-state index in [1.165, 1.54) is 11.0 Å². The summed E-state index contributed by atoms with van der Waals surface area (Å²) in [6.07, 6.45) is -2.02. The summed E-state index contributed by atoms with van der Waals surface area (Å²) >= 11 is 0. The number of piperazine rings is 1. The average Bonchev–Trinajstić information content (AvgIpc) is 3.49. The molecule has 1 N–H and O–H groups in total. The number of alkyl halides is 3. The van der Waals surface area contributed by atoms with Gasteiger partial charge in [0.15, 0.2) is 0 Å². The molecular weight excluding hydrogens is 543 g/mol. The second kappa shape index (κ2) is 10.3. The summed E-state index contributed by atoms with van der Waals surface area (Å²) in [4.78, 5) is 19.7. The quantitative estimate of drug-likeness (QED) is 0.451. The van der Waals surface area contributed by atoms with Crippen LogP contribution in [0.25, 0.3) is 0 Å². The molecule has 42 heavy (non-hydrogen) atoms. The molecule has 1 aromatic heterocycles. The number of hydrogen-bond donors (Lipinski definition) is 1. The number of hydrogen-bond acceptors (Lipinski definition) is 6. The number of aryl methyl sites for hydroxylation is 1. The first-order valence-electron chi connectivity index (χ1n) is 14.4. The molecule has 1 amide bonds. The zero-order chi connectivity index (χ0) is 30.0. The first-order chi connectivity index (χ1) is 19.9. The van der Waals surface area contributed by atoms with Crippen LogP contribution in [0.3, 0.4) is 0 Å². The molecule has 8 nitrogen and oxygen atoms in total. The van der Waals surface area contributed by atoms with Crippen LogP contribution in [0.15, 0.2) is 42.7 Å². The minimum Gasteiger partial charge on any atom is -0.320 e. The van der Waals surface area contributed by atoms with E-state index in [1.807, 2.05) is 29.8 Å². The lowest BCUT2D eigenvalue weighted by atomic mass is 9.62. The molecule has 0 unspecified atom stereocenters. The van der Waals surface area contributed by atoms with Crippen LogP contribution in [-0.2, 0) is 31.7 Å². The lowest BCUT2D eigenvalue weighted by molar-refractivity contribution is -0.138. The molecule has 0 spiro atoms. The van der Waals surface area contributed by atoms with Crippen LogP contribution in [-0.4, -0.2) is 68.9 Å². The summed E-state index contributed by atoms with van der Waals surface area (Å²) in [6.45, 7) is 6.94. The van der Waals surface area contributed by atoms with Crippen molar-refractivity contribution in [2.75, 3.05) is 31.6 Å². The molecule has 11 heteroatoms. The molecule has 1 saturated heterocycles. The highest BCUT2D eigenvalue weighted by atomic mass is 19.4. The van der Waals surface area contributed by atoms with Crippen molar-refractivity contribution in [1.82, 2.24) is 24.6 Å². The third-order valence-electron chi connectivity index (χ3n) is 9.18. The van der Waals surface area contributed by atoms with E-state index in [1.54, 1.807) is 18.5 Å².